The summed E-state index contributed by atoms with van der Waals surface area (Å²) < 4.78 is 0. The Labute approximate surface area is 355 Å². The van der Waals surface area contributed by atoms with E-state index in [2.05, 4.69) is 189 Å². The van der Waals surface area contributed by atoms with Crippen LogP contribution in [0.5, 0.6) is 0 Å². The van der Waals surface area contributed by atoms with Crippen molar-refractivity contribution in [2.75, 3.05) is 0 Å². The fourth-order valence-electron chi connectivity index (χ4n) is 6.89. The number of rotatable bonds is 10. The minimum absolute atomic E-state index is 0.144. The van der Waals surface area contributed by atoms with Crippen LogP contribution in [0.4, 0.5) is 0 Å². The van der Waals surface area contributed by atoms with Crippen molar-refractivity contribution in [1.82, 2.24) is 10.5 Å². The van der Waals surface area contributed by atoms with Crippen LogP contribution in [0.25, 0.3) is 43.8 Å². The van der Waals surface area contributed by atoms with Gasteiger partial charge in [0, 0.05) is 0 Å². The van der Waals surface area contributed by atoms with E-state index in [0.29, 0.717) is 24.7 Å². The second-order valence-corrected chi connectivity index (χ2v) is 19.9. The van der Waals surface area contributed by atoms with Crippen molar-refractivity contribution in [3.05, 3.63) is 131 Å². The van der Waals surface area contributed by atoms with Crippen LogP contribution in [-0.4, -0.2) is 20.4 Å². The van der Waals surface area contributed by atoms with Crippen molar-refractivity contribution in [3.63, 3.8) is 0 Å². The fourth-order valence-corrected chi connectivity index (χ4v) is 6.89. The van der Waals surface area contributed by atoms with Crippen molar-refractivity contribution in [3.8, 4) is 22.3 Å². The van der Waals surface area contributed by atoms with Crippen LogP contribution >= 0.6 is 17.0 Å². The molecule has 6 aromatic carbocycles. The second-order valence-electron chi connectivity index (χ2n) is 16.2. The molecule has 1 radical (unpaired) electrons. The van der Waals surface area contributed by atoms with Gasteiger partial charge in [-0.15, -0.1) is 69.1 Å². The summed E-state index contributed by atoms with van der Waals surface area (Å²) >= 11 is -0.826. The normalized spacial score (nSPS) is 12.0. The number of hydrogen-bond acceptors (Lipinski definition) is 2. The molecular formula is C48H58BCl2N2O2Zr. The molecule has 0 saturated carbocycles. The topological polar surface area (TPSA) is 58.2 Å². The molecule has 4 nitrogen and oxygen atoms in total. The Morgan fingerprint density at radius 2 is 0.946 bits per heavy atom. The first kappa shape index (κ1) is 46.9. The molecule has 0 fully saturated rings. The summed E-state index contributed by atoms with van der Waals surface area (Å²) in [7, 11) is 11.0. The van der Waals surface area contributed by atoms with Gasteiger partial charge in [0.1, 0.15) is 0 Å². The standard InChI is InChI=1S/2C23H27.C2H4BN2O2.2ClH.Zr/c2*1-6-16(2)18-14-17-10-9-12-19(21(17)15-18)20-11-7-8-13-22(20)23(3,4)5;6-1-4-3-5-2-7;;;/h2*7-16H,6H2,1-5H3;1-2H,(H,4,6)(H,5,7);2*1H;/q2*-1;;;;+4/p-2. The Hall–Kier alpha value is -3.43. The van der Waals surface area contributed by atoms with E-state index in [9.17, 15) is 9.59 Å². The van der Waals surface area contributed by atoms with Gasteiger partial charge in [-0.25, -0.2) is 0 Å². The first-order valence-electron chi connectivity index (χ1n) is 19.4. The van der Waals surface area contributed by atoms with E-state index >= 15 is 0 Å². The minimum atomic E-state index is -0.826. The predicted octanol–water partition coefficient (Wildman–Crippen LogP) is 13.5. The molecule has 56 heavy (non-hydrogen) atoms. The molecule has 0 aromatic heterocycles. The van der Waals surface area contributed by atoms with Crippen LogP contribution in [0.3, 0.4) is 0 Å². The summed E-state index contributed by atoms with van der Waals surface area (Å²) in [5.41, 5.74) is 11.5. The number of carbonyl (C=O) groups is 2. The molecule has 6 rings (SSSR count). The molecule has 0 heterocycles. The van der Waals surface area contributed by atoms with Gasteiger partial charge in [0.15, 0.2) is 12.8 Å². The Balaban J connectivity index is 0.000000243. The van der Waals surface area contributed by atoms with Gasteiger partial charge in [-0.2, -0.15) is 12.1 Å². The first-order chi connectivity index (χ1) is 26.7. The number of hydrogen-bond donors (Lipinski definition) is 2. The molecule has 2 N–H and O–H groups in total. The van der Waals surface area contributed by atoms with Crippen LogP contribution in [0.1, 0.15) is 116 Å². The van der Waals surface area contributed by atoms with E-state index in [1.165, 1.54) is 78.9 Å². The van der Waals surface area contributed by atoms with Gasteiger partial charge in [-0.05, 0) is 44.9 Å². The number of benzene rings is 4. The average Bonchev–Trinajstić information content (AvgIpc) is 3.83. The van der Waals surface area contributed by atoms with Gasteiger partial charge in [0.25, 0.3) is 0 Å². The number of halogens is 2. The summed E-state index contributed by atoms with van der Waals surface area (Å²) in [5.74, 6) is 1.24. The maximum atomic E-state index is 9.38. The molecule has 0 aliphatic heterocycles. The van der Waals surface area contributed by atoms with E-state index in [0.717, 1.165) is 7.55 Å². The summed E-state index contributed by atoms with van der Waals surface area (Å²) in [6.07, 6.45) is 3.28. The van der Waals surface area contributed by atoms with Crippen molar-refractivity contribution in [2.24, 2.45) is 0 Å². The molecule has 2 unspecified atom stereocenters. The maximum absolute atomic E-state index is 9.38. The zero-order chi connectivity index (χ0) is 41.5. The fraction of sp³-hybridized carbons (Fsp3) is 0.333. The second kappa shape index (κ2) is 22.5. The average molecular weight is 868 g/mol. The molecule has 2 amide bonds. The molecule has 0 aliphatic carbocycles. The van der Waals surface area contributed by atoms with Crippen LogP contribution in [-0.2, 0) is 41.3 Å². The van der Waals surface area contributed by atoms with Gasteiger partial charge in [0.05, 0.1) is 0 Å². The van der Waals surface area contributed by atoms with Crippen LogP contribution < -0.4 is 10.5 Å². The summed E-state index contributed by atoms with van der Waals surface area (Å²) in [6, 6.07) is 40.6. The molecule has 0 bridgehead atoms. The molecule has 0 saturated heterocycles. The van der Waals surface area contributed by atoms with Crippen LogP contribution in [0, 0.1) is 0 Å². The Kier molecular flexibility index (Phi) is 18.9. The van der Waals surface area contributed by atoms with Gasteiger partial charge in [0.2, 0.25) is 0 Å². The Bertz CT molecular complexity index is 1980. The number of fused-ring (bicyclic) bond motifs is 2. The van der Waals surface area contributed by atoms with E-state index in [-0.39, 0.29) is 10.8 Å². The van der Waals surface area contributed by atoms with Crippen molar-refractivity contribution in [1.29, 1.82) is 0 Å². The van der Waals surface area contributed by atoms with E-state index in [1.54, 1.807) is 0 Å². The summed E-state index contributed by atoms with van der Waals surface area (Å²) in [6.45, 7) is 22.9. The molecule has 293 valence electrons. The Morgan fingerprint density at radius 1 is 0.607 bits per heavy atom. The van der Waals surface area contributed by atoms with Gasteiger partial charge in [-0.3, -0.25) is 9.59 Å². The predicted molar refractivity (Wildman–Crippen MR) is 241 cm³/mol. The molecular weight excluding hydrogens is 809 g/mol. The molecule has 8 heteroatoms. The molecule has 6 aromatic rings. The Morgan fingerprint density at radius 3 is 1.27 bits per heavy atom. The summed E-state index contributed by atoms with van der Waals surface area (Å²) in [4.78, 5) is 18.8. The number of nitrogens with one attached hydrogen (secondary N) is 2. The van der Waals surface area contributed by atoms with Crippen LogP contribution in [0.2, 0.25) is 0 Å². The third kappa shape index (κ3) is 12.8. The van der Waals surface area contributed by atoms with Crippen molar-refractivity contribution >= 4 is 58.9 Å². The zero-order valence-electron chi connectivity index (χ0n) is 34.8. The van der Waals surface area contributed by atoms with Gasteiger partial charge < -0.3 is 10.5 Å². The summed E-state index contributed by atoms with van der Waals surface area (Å²) in [5, 5.41) is 9.70. The number of carbonyl (C=O) groups excluding carboxylic acids is 2. The third-order valence-electron chi connectivity index (χ3n) is 10.3. The van der Waals surface area contributed by atoms with Crippen LogP contribution in [0.15, 0.2) is 109 Å². The van der Waals surface area contributed by atoms with Gasteiger partial charge in [-0.1, -0.05) is 154 Å². The van der Waals surface area contributed by atoms with E-state index in [1.807, 2.05) is 0 Å². The monoisotopic (exact) mass is 865 g/mol. The van der Waals surface area contributed by atoms with Crippen molar-refractivity contribution < 1.29 is 30.4 Å². The molecule has 2 atom stereocenters. The molecule has 0 aliphatic rings. The van der Waals surface area contributed by atoms with Crippen molar-refractivity contribution in [2.45, 2.75) is 105 Å². The molecule has 0 spiro atoms. The SMILES string of the molecule is CCC(C)c1cc2c(-c3ccccc3C(C)(C)C)cccc2[cH-]1.CCC(C)c1cc2c(-c3ccccc3C(C)(C)C)cccc2[cH-]1.O=CN[B]NC=O.[Cl][Zr+2][Cl]. The van der Waals surface area contributed by atoms with E-state index in [4.69, 9.17) is 17.0 Å². The van der Waals surface area contributed by atoms with Gasteiger partial charge >= 0.3 is 45.4 Å². The zero-order valence-corrected chi connectivity index (χ0v) is 38.7. The number of amides is 2. The third-order valence-corrected chi connectivity index (χ3v) is 10.3. The first-order valence-corrected chi connectivity index (χ1v) is 25.7. The quantitative estimate of drug-likeness (QED) is 0.0624. The van der Waals surface area contributed by atoms with E-state index < -0.39 is 20.8 Å².